The minimum atomic E-state index is 0.270. The van der Waals surface area contributed by atoms with Gasteiger partial charge in [-0.25, -0.2) is 0 Å². The maximum absolute atomic E-state index is 5.89. The lowest BCUT2D eigenvalue weighted by molar-refractivity contribution is 0.0268. The van der Waals surface area contributed by atoms with E-state index >= 15 is 0 Å². The molecule has 3 rings (SSSR count). The summed E-state index contributed by atoms with van der Waals surface area (Å²) >= 11 is 0. The summed E-state index contributed by atoms with van der Waals surface area (Å²) in [5.74, 6) is 0. The van der Waals surface area contributed by atoms with Gasteiger partial charge in [0.1, 0.15) is 0 Å². The first-order chi connectivity index (χ1) is 7.86. The third kappa shape index (κ3) is 1.68. The molecule has 0 saturated carbocycles. The van der Waals surface area contributed by atoms with Crippen molar-refractivity contribution in [1.29, 1.82) is 0 Å². The maximum Gasteiger partial charge on any atom is 0.0969 e. The highest BCUT2D eigenvalue weighted by Crippen LogP contribution is 2.32. The quantitative estimate of drug-likeness (QED) is 0.758. The van der Waals surface area contributed by atoms with Crippen molar-refractivity contribution in [2.75, 3.05) is 19.7 Å². The molecule has 0 aromatic carbocycles. The Bertz CT molecular complexity index is 378. The van der Waals surface area contributed by atoms with Crippen LogP contribution < -0.4 is 5.32 Å². The summed E-state index contributed by atoms with van der Waals surface area (Å²) in [6, 6.07) is 0. The highest BCUT2D eigenvalue weighted by molar-refractivity contribution is 5.40. The van der Waals surface area contributed by atoms with Gasteiger partial charge in [0.25, 0.3) is 0 Å². The van der Waals surface area contributed by atoms with E-state index in [0.29, 0.717) is 0 Å². The molecule has 3 heteroatoms. The van der Waals surface area contributed by atoms with Gasteiger partial charge in [0, 0.05) is 30.0 Å². The molecule has 0 radical (unpaired) electrons. The summed E-state index contributed by atoms with van der Waals surface area (Å²) in [6.45, 7) is 4.98. The Morgan fingerprint density at radius 2 is 2.12 bits per heavy atom. The maximum atomic E-state index is 5.89. The summed E-state index contributed by atoms with van der Waals surface area (Å²) in [4.78, 5) is 3.55. The van der Waals surface area contributed by atoms with E-state index < -0.39 is 0 Å². The SMILES string of the molecule is Cc1[nH]c2c(c1C1CNCCO1)CCCC2. The molecule has 2 aliphatic rings. The van der Waals surface area contributed by atoms with Crippen LogP contribution in [-0.2, 0) is 17.6 Å². The van der Waals surface area contributed by atoms with Crippen LogP contribution >= 0.6 is 0 Å². The molecule has 1 aromatic rings. The number of aromatic nitrogens is 1. The predicted octanol–water partition coefficient (Wildman–Crippen LogP) is 1.86. The van der Waals surface area contributed by atoms with Gasteiger partial charge < -0.3 is 15.0 Å². The summed E-state index contributed by atoms with van der Waals surface area (Å²) in [5.41, 5.74) is 5.79. The van der Waals surface area contributed by atoms with Crippen molar-refractivity contribution in [1.82, 2.24) is 10.3 Å². The summed E-state index contributed by atoms with van der Waals surface area (Å²) < 4.78 is 5.89. The Kier molecular flexibility index (Phi) is 2.74. The number of rotatable bonds is 1. The molecular formula is C13H20N2O. The van der Waals surface area contributed by atoms with Gasteiger partial charge in [-0.2, -0.15) is 0 Å². The first kappa shape index (κ1) is 10.4. The summed E-state index contributed by atoms with van der Waals surface area (Å²) in [5, 5.41) is 3.42. The van der Waals surface area contributed by atoms with E-state index in [-0.39, 0.29) is 6.10 Å². The number of morpholine rings is 1. The number of H-pyrrole nitrogens is 1. The number of fused-ring (bicyclic) bond motifs is 1. The standard InChI is InChI=1S/C13H20N2O/c1-9-13(12-8-14-6-7-16-12)10-4-2-3-5-11(10)15-9/h12,14-15H,2-8H2,1H3. The van der Waals surface area contributed by atoms with Gasteiger partial charge in [0.05, 0.1) is 12.7 Å². The molecule has 0 spiro atoms. The fourth-order valence-electron chi connectivity index (χ4n) is 3.05. The van der Waals surface area contributed by atoms with Crippen LogP contribution in [0.25, 0.3) is 0 Å². The lowest BCUT2D eigenvalue weighted by Gasteiger charge is -2.25. The molecule has 0 bridgehead atoms. The van der Waals surface area contributed by atoms with Gasteiger partial charge in [-0.15, -0.1) is 0 Å². The molecule has 1 aliphatic heterocycles. The third-order valence-corrected chi connectivity index (χ3v) is 3.78. The number of hydrogen-bond donors (Lipinski definition) is 2. The Hall–Kier alpha value is -0.800. The van der Waals surface area contributed by atoms with Crippen LogP contribution in [0.1, 0.15) is 41.5 Å². The molecule has 1 saturated heterocycles. The van der Waals surface area contributed by atoms with Crippen molar-refractivity contribution in [2.24, 2.45) is 0 Å². The van der Waals surface area contributed by atoms with Crippen molar-refractivity contribution in [3.63, 3.8) is 0 Å². The molecule has 1 aliphatic carbocycles. The molecule has 16 heavy (non-hydrogen) atoms. The van der Waals surface area contributed by atoms with E-state index in [1.54, 1.807) is 5.56 Å². The van der Waals surface area contributed by atoms with Crippen LogP contribution in [0.15, 0.2) is 0 Å². The van der Waals surface area contributed by atoms with Crippen LogP contribution in [0, 0.1) is 6.92 Å². The average molecular weight is 220 g/mol. The number of nitrogens with one attached hydrogen (secondary N) is 2. The molecule has 1 atom stereocenters. The topological polar surface area (TPSA) is 37.0 Å². The fraction of sp³-hybridized carbons (Fsp3) is 0.692. The molecule has 3 nitrogen and oxygen atoms in total. The predicted molar refractivity (Wildman–Crippen MR) is 63.7 cm³/mol. The highest BCUT2D eigenvalue weighted by Gasteiger charge is 2.25. The monoisotopic (exact) mass is 220 g/mol. The lowest BCUT2D eigenvalue weighted by Crippen LogP contribution is -2.34. The minimum absolute atomic E-state index is 0.270. The van der Waals surface area contributed by atoms with Crippen molar-refractivity contribution >= 4 is 0 Å². The molecule has 2 N–H and O–H groups in total. The summed E-state index contributed by atoms with van der Waals surface area (Å²) in [7, 11) is 0. The van der Waals surface area contributed by atoms with Gasteiger partial charge in [0.15, 0.2) is 0 Å². The van der Waals surface area contributed by atoms with E-state index in [1.165, 1.54) is 42.6 Å². The van der Waals surface area contributed by atoms with Gasteiger partial charge in [-0.05, 0) is 38.2 Å². The Morgan fingerprint density at radius 3 is 2.94 bits per heavy atom. The van der Waals surface area contributed by atoms with E-state index in [2.05, 4.69) is 17.2 Å². The first-order valence-corrected chi connectivity index (χ1v) is 6.39. The van der Waals surface area contributed by atoms with Crippen LogP contribution in [0.3, 0.4) is 0 Å². The zero-order valence-electron chi connectivity index (χ0n) is 9.94. The average Bonchev–Trinajstić information content (AvgIpc) is 2.66. The Balaban J connectivity index is 1.95. The Labute approximate surface area is 96.6 Å². The van der Waals surface area contributed by atoms with Crippen LogP contribution in [0.2, 0.25) is 0 Å². The van der Waals surface area contributed by atoms with E-state index in [4.69, 9.17) is 4.74 Å². The van der Waals surface area contributed by atoms with E-state index in [1.807, 2.05) is 0 Å². The van der Waals surface area contributed by atoms with Crippen molar-refractivity contribution in [3.05, 3.63) is 22.5 Å². The zero-order chi connectivity index (χ0) is 11.0. The largest absolute Gasteiger partial charge is 0.371 e. The van der Waals surface area contributed by atoms with E-state index in [9.17, 15) is 0 Å². The minimum Gasteiger partial charge on any atom is -0.371 e. The number of ether oxygens (including phenoxy) is 1. The second-order valence-corrected chi connectivity index (χ2v) is 4.89. The number of aromatic amines is 1. The van der Waals surface area contributed by atoms with Crippen LogP contribution in [0.4, 0.5) is 0 Å². The second kappa shape index (κ2) is 4.22. The van der Waals surface area contributed by atoms with Crippen molar-refractivity contribution < 1.29 is 4.74 Å². The van der Waals surface area contributed by atoms with Gasteiger partial charge in [0.2, 0.25) is 0 Å². The highest BCUT2D eigenvalue weighted by atomic mass is 16.5. The van der Waals surface area contributed by atoms with Crippen molar-refractivity contribution in [2.45, 2.75) is 38.7 Å². The van der Waals surface area contributed by atoms with E-state index in [0.717, 1.165) is 19.7 Å². The van der Waals surface area contributed by atoms with Gasteiger partial charge in [-0.1, -0.05) is 0 Å². The summed E-state index contributed by atoms with van der Waals surface area (Å²) in [6.07, 6.45) is 5.38. The molecule has 88 valence electrons. The normalized spacial score (nSPS) is 25.4. The number of aryl methyl sites for hydroxylation is 2. The Morgan fingerprint density at radius 1 is 1.25 bits per heavy atom. The molecule has 1 unspecified atom stereocenters. The smallest absolute Gasteiger partial charge is 0.0969 e. The van der Waals surface area contributed by atoms with Gasteiger partial charge in [-0.3, -0.25) is 0 Å². The first-order valence-electron chi connectivity index (χ1n) is 6.39. The third-order valence-electron chi connectivity index (χ3n) is 3.78. The molecule has 0 amide bonds. The molecule has 1 aromatic heterocycles. The molecule has 2 heterocycles. The fourth-order valence-corrected chi connectivity index (χ4v) is 3.05. The lowest BCUT2D eigenvalue weighted by atomic mass is 9.92. The van der Waals surface area contributed by atoms with Gasteiger partial charge >= 0.3 is 0 Å². The van der Waals surface area contributed by atoms with Crippen molar-refractivity contribution in [3.8, 4) is 0 Å². The molecule has 1 fully saturated rings. The zero-order valence-corrected chi connectivity index (χ0v) is 9.94. The van der Waals surface area contributed by atoms with Crippen LogP contribution in [-0.4, -0.2) is 24.7 Å². The molecular weight excluding hydrogens is 200 g/mol. The van der Waals surface area contributed by atoms with Crippen LogP contribution in [0.5, 0.6) is 0 Å². The second-order valence-electron chi connectivity index (χ2n) is 4.89. The number of hydrogen-bond acceptors (Lipinski definition) is 2.